The summed E-state index contributed by atoms with van der Waals surface area (Å²) in [6.45, 7) is 13.9. The molecule has 0 aromatic heterocycles. The zero-order valence-corrected chi connectivity index (χ0v) is 29.2. The summed E-state index contributed by atoms with van der Waals surface area (Å²) in [5.74, 6) is 2.61. The number of halogens is 1. The van der Waals surface area contributed by atoms with Gasteiger partial charge in [0.15, 0.2) is 23.8 Å². The number of hydrogen-bond acceptors (Lipinski definition) is 9. The van der Waals surface area contributed by atoms with Gasteiger partial charge in [-0.2, -0.15) is 0 Å². The number of ether oxygens (including phenoxy) is 4. The van der Waals surface area contributed by atoms with E-state index in [0.717, 1.165) is 50.3 Å². The molecule has 252 valence electrons. The fourth-order valence-electron chi connectivity index (χ4n) is 10.9. The quantitative estimate of drug-likeness (QED) is 0.259. The number of fused-ring (bicyclic) bond motifs is 4. The molecule has 8 aliphatic heterocycles. The van der Waals surface area contributed by atoms with E-state index in [-0.39, 0.29) is 24.8 Å². The van der Waals surface area contributed by atoms with Crippen LogP contribution in [0.4, 0.5) is 0 Å². The number of nitrogens with two attached hydrogens (primary N) is 1. The Morgan fingerprint density at radius 1 is 0.614 bits per heavy atom. The zero-order valence-electron chi connectivity index (χ0n) is 27.6. The van der Waals surface area contributed by atoms with Gasteiger partial charge < -0.3 is 24.7 Å². The Bertz CT molecular complexity index is 975. The highest BCUT2D eigenvalue weighted by atomic mass is 79.9. The van der Waals surface area contributed by atoms with E-state index in [1.165, 1.54) is 19.3 Å². The van der Waals surface area contributed by atoms with Gasteiger partial charge in [-0.3, -0.25) is 0 Å². The van der Waals surface area contributed by atoms with Gasteiger partial charge >= 0.3 is 0 Å². The molecule has 44 heavy (non-hydrogen) atoms. The number of rotatable bonds is 4. The Morgan fingerprint density at radius 2 is 1.07 bits per heavy atom. The topological polar surface area (TPSA) is 99.9 Å². The van der Waals surface area contributed by atoms with E-state index in [1.54, 1.807) is 0 Å². The molecule has 0 amide bonds. The summed E-state index contributed by atoms with van der Waals surface area (Å²) in [4.78, 5) is 23.8. The molecule has 4 bridgehead atoms. The standard InChI is InChI=1S/C17H27BrO4.C17H29NO4/c2*1-10-4-5-13-11(2)14(7-9-18)19-15-17(13)12(10)6-8-16(3,20-15)21-22-17/h10-15H,4-9H2,1-3H3;10-15H,4-9,18H2,1-3H3/t2*10-,11-,12+,13+,14-,15-,16+,17-/m11/s1. The molecule has 0 radical (unpaired) electrons. The van der Waals surface area contributed by atoms with Crippen LogP contribution in [0.2, 0.25) is 0 Å². The van der Waals surface area contributed by atoms with Crippen molar-refractivity contribution in [1.82, 2.24) is 0 Å². The summed E-state index contributed by atoms with van der Waals surface area (Å²) < 4.78 is 25.4. The highest BCUT2D eigenvalue weighted by Crippen LogP contribution is 2.62. The number of alkyl halides is 1. The van der Waals surface area contributed by atoms with Gasteiger partial charge in [-0.1, -0.05) is 43.6 Å². The van der Waals surface area contributed by atoms with Gasteiger partial charge in [0, 0.05) is 30.0 Å². The molecule has 10 fully saturated rings. The van der Waals surface area contributed by atoms with Crippen LogP contribution in [0.25, 0.3) is 0 Å². The average molecular weight is 687 g/mol. The first-order chi connectivity index (χ1) is 21.0. The van der Waals surface area contributed by atoms with E-state index in [1.807, 2.05) is 13.8 Å². The lowest BCUT2D eigenvalue weighted by atomic mass is 9.57. The average Bonchev–Trinajstić information content (AvgIpc) is 3.36. The Labute approximate surface area is 272 Å². The molecule has 2 saturated carbocycles. The maximum absolute atomic E-state index is 6.44. The lowest BCUT2D eigenvalue weighted by molar-refractivity contribution is -0.571. The summed E-state index contributed by atoms with van der Waals surface area (Å²) in [5, 5.41) is 0.961. The lowest BCUT2D eigenvalue weighted by Gasteiger charge is -2.60. The molecule has 10 rings (SSSR count). The summed E-state index contributed by atoms with van der Waals surface area (Å²) in [7, 11) is 0. The summed E-state index contributed by atoms with van der Waals surface area (Å²) in [6.07, 6.45) is 10.5. The van der Waals surface area contributed by atoms with Crippen LogP contribution in [0.1, 0.15) is 106 Å². The van der Waals surface area contributed by atoms with Gasteiger partial charge in [0.05, 0.1) is 12.2 Å². The molecule has 0 aromatic rings. The first kappa shape index (κ1) is 32.7. The Kier molecular flexibility index (Phi) is 8.84. The molecule has 0 unspecified atom stereocenters. The molecule has 0 aromatic carbocycles. The molecule has 8 heterocycles. The van der Waals surface area contributed by atoms with E-state index in [2.05, 4.69) is 43.6 Å². The second-order valence-electron chi connectivity index (χ2n) is 15.9. The number of hydrogen-bond donors (Lipinski definition) is 1. The van der Waals surface area contributed by atoms with Crippen molar-refractivity contribution in [2.45, 2.75) is 153 Å². The Morgan fingerprint density at radius 3 is 1.50 bits per heavy atom. The SMILES string of the molecule is C[C@H]1[C@@H](CCBr)O[C@@H]2O[C@]3(C)CC[C@H]4[C@H](C)CC[C@@H]1[C@@]24OO3.C[C@H]1[C@@H](CCN)O[C@@H]2O[C@]3(C)CC[C@H]4[C@H](C)CC[C@@H]1[C@@]24OO3. The summed E-state index contributed by atoms with van der Waals surface area (Å²) in [5.41, 5.74) is 4.95. The Balaban J connectivity index is 0.000000142. The van der Waals surface area contributed by atoms with Crippen molar-refractivity contribution in [2.24, 2.45) is 53.1 Å². The second kappa shape index (κ2) is 11.9. The summed E-state index contributed by atoms with van der Waals surface area (Å²) in [6, 6.07) is 0. The molecule has 2 N–H and O–H groups in total. The third-order valence-corrected chi connectivity index (χ3v) is 13.9. The second-order valence-corrected chi connectivity index (χ2v) is 16.7. The van der Waals surface area contributed by atoms with Crippen molar-refractivity contribution >= 4 is 15.9 Å². The fourth-order valence-corrected chi connectivity index (χ4v) is 11.3. The first-order valence-corrected chi connectivity index (χ1v) is 18.8. The van der Waals surface area contributed by atoms with Crippen LogP contribution in [-0.2, 0) is 38.5 Å². The third kappa shape index (κ3) is 4.94. The molecule has 2 spiro atoms. The molecular formula is C34H56BrNO8. The van der Waals surface area contributed by atoms with Gasteiger partial charge in [-0.25, -0.2) is 19.6 Å². The van der Waals surface area contributed by atoms with Crippen LogP contribution in [-0.4, -0.2) is 59.4 Å². The molecule has 2 aliphatic carbocycles. The molecule has 9 nitrogen and oxygen atoms in total. The third-order valence-electron chi connectivity index (χ3n) is 13.4. The van der Waals surface area contributed by atoms with E-state index in [0.29, 0.717) is 53.9 Å². The lowest BCUT2D eigenvalue weighted by Crippen LogP contribution is -2.70. The molecular weight excluding hydrogens is 630 g/mol. The molecule has 16 atom stereocenters. The maximum atomic E-state index is 6.44. The molecule has 8 saturated heterocycles. The van der Waals surface area contributed by atoms with Crippen molar-refractivity contribution < 1.29 is 38.5 Å². The minimum absolute atomic E-state index is 0.159. The van der Waals surface area contributed by atoms with Gasteiger partial charge in [0.1, 0.15) is 0 Å². The molecule has 10 aliphatic rings. The van der Waals surface area contributed by atoms with Gasteiger partial charge in [0.2, 0.25) is 11.6 Å². The predicted octanol–water partition coefficient (Wildman–Crippen LogP) is 6.61. The van der Waals surface area contributed by atoms with Crippen LogP contribution < -0.4 is 5.73 Å². The normalized spacial score (nSPS) is 57.3. The highest BCUT2D eigenvalue weighted by molar-refractivity contribution is 9.09. The van der Waals surface area contributed by atoms with Crippen molar-refractivity contribution in [1.29, 1.82) is 0 Å². The van der Waals surface area contributed by atoms with Gasteiger partial charge in [-0.15, -0.1) is 0 Å². The van der Waals surface area contributed by atoms with E-state index in [9.17, 15) is 0 Å². The van der Waals surface area contributed by atoms with Crippen molar-refractivity contribution in [3.05, 3.63) is 0 Å². The summed E-state index contributed by atoms with van der Waals surface area (Å²) >= 11 is 3.57. The van der Waals surface area contributed by atoms with Crippen molar-refractivity contribution in [2.75, 3.05) is 11.9 Å². The van der Waals surface area contributed by atoms with Gasteiger partial charge in [-0.05, 0) is 107 Å². The first-order valence-electron chi connectivity index (χ1n) is 17.7. The van der Waals surface area contributed by atoms with Crippen molar-refractivity contribution in [3.63, 3.8) is 0 Å². The fraction of sp³-hybridized carbons (Fsp3) is 1.00. The Hall–Kier alpha value is 0.120. The largest absolute Gasteiger partial charge is 0.346 e. The minimum atomic E-state index is -0.675. The van der Waals surface area contributed by atoms with Crippen LogP contribution in [0.15, 0.2) is 0 Å². The van der Waals surface area contributed by atoms with E-state index in [4.69, 9.17) is 44.2 Å². The van der Waals surface area contributed by atoms with Crippen molar-refractivity contribution in [3.8, 4) is 0 Å². The van der Waals surface area contributed by atoms with Crippen LogP contribution in [0.3, 0.4) is 0 Å². The zero-order chi connectivity index (χ0) is 31.1. The predicted molar refractivity (Wildman–Crippen MR) is 166 cm³/mol. The maximum Gasteiger partial charge on any atom is 0.201 e. The van der Waals surface area contributed by atoms with Crippen LogP contribution >= 0.6 is 15.9 Å². The smallest absolute Gasteiger partial charge is 0.201 e. The van der Waals surface area contributed by atoms with E-state index >= 15 is 0 Å². The van der Waals surface area contributed by atoms with E-state index < -0.39 is 22.8 Å². The van der Waals surface area contributed by atoms with Gasteiger partial charge in [0.25, 0.3) is 0 Å². The highest BCUT2D eigenvalue weighted by Gasteiger charge is 2.70. The minimum Gasteiger partial charge on any atom is -0.346 e. The van der Waals surface area contributed by atoms with Crippen LogP contribution in [0, 0.1) is 47.3 Å². The molecule has 10 heteroatoms. The monoisotopic (exact) mass is 685 g/mol. The van der Waals surface area contributed by atoms with Crippen LogP contribution in [0.5, 0.6) is 0 Å².